The van der Waals surface area contributed by atoms with Crippen molar-refractivity contribution in [1.82, 2.24) is 15.2 Å². The molecule has 116 valence electrons. The maximum atomic E-state index is 12.2. The smallest absolute Gasteiger partial charge is 0.287 e. The molecule has 1 saturated heterocycles. The Morgan fingerprint density at radius 2 is 2.43 bits per heavy atom. The van der Waals surface area contributed by atoms with E-state index in [0.29, 0.717) is 24.7 Å². The standard InChI is InChI=1S/C14H22N4O3/c1-2-7-17-10-12(18(20)21)8-13(17)14(19)16-6-4-11-3-5-15-9-11/h8,10-11,15H,2-7,9H2,1H3,(H,16,19). The molecule has 1 unspecified atom stereocenters. The first-order valence-corrected chi connectivity index (χ1v) is 7.45. The molecule has 0 spiro atoms. The zero-order valence-corrected chi connectivity index (χ0v) is 12.3. The van der Waals surface area contributed by atoms with Gasteiger partial charge in [-0.3, -0.25) is 14.9 Å². The predicted octanol–water partition coefficient (Wildman–Crippen LogP) is 1.54. The molecule has 1 fully saturated rings. The van der Waals surface area contributed by atoms with Crippen molar-refractivity contribution in [3.05, 3.63) is 28.1 Å². The van der Waals surface area contributed by atoms with Gasteiger partial charge in [-0.2, -0.15) is 0 Å². The minimum Gasteiger partial charge on any atom is -0.351 e. The van der Waals surface area contributed by atoms with Crippen molar-refractivity contribution >= 4 is 11.6 Å². The van der Waals surface area contributed by atoms with Gasteiger partial charge in [-0.25, -0.2) is 0 Å². The van der Waals surface area contributed by atoms with Crippen molar-refractivity contribution in [2.24, 2.45) is 5.92 Å². The number of hydrogen-bond acceptors (Lipinski definition) is 4. The number of nitrogens with one attached hydrogen (secondary N) is 2. The summed E-state index contributed by atoms with van der Waals surface area (Å²) < 4.78 is 1.66. The van der Waals surface area contributed by atoms with Crippen LogP contribution in [0.4, 0.5) is 5.69 Å². The number of nitrogens with zero attached hydrogens (tertiary/aromatic N) is 2. The number of hydrogen-bond donors (Lipinski definition) is 2. The van der Waals surface area contributed by atoms with Crippen LogP contribution < -0.4 is 10.6 Å². The summed E-state index contributed by atoms with van der Waals surface area (Å²) in [6.45, 7) is 5.23. The summed E-state index contributed by atoms with van der Waals surface area (Å²) in [4.78, 5) is 22.5. The molecule has 0 saturated carbocycles. The van der Waals surface area contributed by atoms with E-state index in [4.69, 9.17) is 0 Å². The van der Waals surface area contributed by atoms with Gasteiger partial charge in [0, 0.05) is 19.2 Å². The summed E-state index contributed by atoms with van der Waals surface area (Å²) in [6, 6.07) is 1.35. The lowest BCUT2D eigenvalue weighted by Gasteiger charge is -2.10. The van der Waals surface area contributed by atoms with E-state index in [2.05, 4.69) is 10.6 Å². The van der Waals surface area contributed by atoms with E-state index in [1.165, 1.54) is 12.3 Å². The predicted molar refractivity (Wildman–Crippen MR) is 79.3 cm³/mol. The quantitative estimate of drug-likeness (QED) is 0.589. The fourth-order valence-electron chi connectivity index (χ4n) is 2.65. The van der Waals surface area contributed by atoms with Crippen LogP contribution in [0, 0.1) is 16.0 Å². The second kappa shape index (κ2) is 7.21. The van der Waals surface area contributed by atoms with Gasteiger partial charge in [0.25, 0.3) is 11.6 Å². The summed E-state index contributed by atoms with van der Waals surface area (Å²) in [5.74, 6) is 0.379. The van der Waals surface area contributed by atoms with Crippen molar-refractivity contribution in [2.45, 2.75) is 32.7 Å². The number of nitro groups is 1. The normalized spacial score (nSPS) is 17.9. The molecule has 2 rings (SSSR count). The summed E-state index contributed by atoms with van der Waals surface area (Å²) in [5, 5.41) is 17.0. The van der Waals surface area contributed by atoms with Crippen LogP contribution in [0.2, 0.25) is 0 Å². The molecule has 7 nitrogen and oxygen atoms in total. The molecule has 0 aliphatic carbocycles. The Labute approximate surface area is 123 Å². The Balaban J connectivity index is 1.94. The number of rotatable bonds is 7. The zero-order valence-electron chi connectivity index (χ0n) is 12.3. The van der Waals surface area contributed by atoms with Crippen LogP contribution >= 0.6 is 0 Å². The number of amides is 1. The van der Waals surface area contributed by atoms with Crippen LogP contribution in [0.3, 0.4) is 0 Å². The molecule has 0 aromatic carbocycles. The molecule has 1 aromatic heterocycles. The van der Waals surface area contributed by atoms with E-state index in [-0.39, 0.29) is 11.6 Å². The van der Waals surface area contributed by atoms with Crippen molar-refractivity contribution < 1.29 is 9.72 Å². The second-order valence-corrected chi connectivity index (χ2v) is 5.44. The number of aryl methyl sites for hydroxylation is 1. The second-order valence-electron chi connectivity index (χ2n) is 5.44. The molecule has 1 amide bonds. The van der Waals surface area contributed by atoms with Gasteiger partial charge >= 0.3 is 0 Å². The highest BCUT2D eigenvalue weighted by molar-refractivity contribution is 5.93. The number of carbonyl (C=O) groups excluding carboxylic acids is 1. The van der Waals surface area contributed by atoms with Crippen LogP contribution in [0.25, 0.3) is 0 Å². The van der Waals surface area contributed by atoms with Gasteiger partial charge in [-0.1, -0.05) is 6.92 Å². The summed E-state index contributed by atoms with van der Waals surface area (Å²) in [6.07, 6.45) is 4.34. The fraction of sp³-hybridized carbons (Fsp3) is 0.643. The molecule has 1 atom stereocenters. The highest BCUT2D eigenvalue weighted by Gasteiger charge is 2.19. The van der Waals surface area contributed by atoms with E-state index in [9.17, 15) is 14.9 Å². The van der Waals surface area contributed by atoms with Crippen LogP contribution in [0.5, 0.6) is 0 Å². The van der Waals surface area contributed by atoms with Gasteiger partial charge in [-0.15, -0.1) is 0 Å². The Hall–Kier alpha value is -1.89. The molecule has 2 N–H and O–H groups in total. The maximum Gasteiger partial charge on any atom is 0.287 e. The Morgan fingerprint density at radius 3 is 3.05 bits per heavy atom. The molecule has 1 aliphatic rings. The van der Waals surface area contributed by atoms with Crippen molar-refractivity contribution in [3.63, 3.8) is 0 Å². The average molecular weight is 294 g/mol. The molecule has 0 radical (unpaired) electrons. The van der Waals surface area contributed by atoms with Crippen LogP contribution in [-0.2, 0) is 6.54 Å². The lowest BCUT2D eigenvalue weighted by atomic mass is 10.1. The summed E-state index contributed by atoms with van der Waals surface area (Å²) in [7, 11) is 0. The molecular formula is C14H22N4O3. The first-order chi connectivity index (χ1) is 10.1. The van der Waals surface area contributed by atoms with Crippen molar-refractivity contribution in [3.8, 4) is 0 Å². The first kappa shape index (κ1) is 15.5. The SMILES string of the molecule is CCCn1cc([N+](=O)[O-])cc1C(=O)NCCC1CCNC1. The molecule has 1 aromatic rings. The lowest BCUT2D eigenvalue weighted by molar-refractivity contribution is -0.384. The highest BCUT2D eigenvalue weighted by Crippen LogP contribution is 2.17. The van der Waals surface area contributed by atoms with Crippen LogP contribution in [-0.4, -0.2) is 35.0 Å². The van der Waals surface area contributed by atoms with Gasteiger partial charge in [0.1, 0.15) is 5.69 Å². The first-order valence-electron chi connectivity index (χ1n) is 7.45. The van der Waals surface area contributed by atoms with Crippen molar-refractivity contribution in [1.29, 1.82) is 0 Å². The monoisotopic (exact) mass is 294 g/mol. The Bertz CT molecular complexity index is 506. The summed E-state index contributed by atoms with van der Waals surface area (Å²) >= 11 is 0. The van der Waals surface area contributed by atoms with Crippen LogP contribution in [0.15, 0.2) is 12.3 Å². The topological polar surface area (TPSA) is 89.2 Å². The molecule has 1 aliphatic heterocycles. The van der Waals surface area contributed by atoms with Crippen LogP contribution in [0.1, 0.15) is 36.7 Å². The zero-order chi connectivity index (χ0) is 15.2. The average Bonchev–Trinajstić information content (AvgIpc) is 3.08. The minimum atomic E-state index is -0.465. The van der Waals surface area contributed by atoms with E-state index in [0.717, 1.165) is 32.4 Å². The summed E-state index contributed by atoms with van der Waals surface area (Å²) in [5.41, 5.74) is 0.335. The Kier molecular flexibility index (Phi) is 5.32. The number of carbonyl (C=O) groups is 1. The van der Waals surface area contributed by atoms with E-state index >= 15 is 0 Å². The van der Waals surface area contributed by atoms with E-state index in [1.54, 1.807) is 4.57 Å². The van der Waals surface area contributed by atoms with Gasteiger partial charge < -0.3 is 15.2 Å². The third kappa shape index (κ3) is 4.04. The maximum absolute atomic E-state index is 12.2. The molecular weight excluding hydrogens is 272 g/mol. The third-order valence-electron chi connectivity index (χ3n) is 3.79. The van der Waals surface area contributed by atoms with Gasteiger partial charge in [0.15, 0.2) is 0 Å². The minimum absolute atomic E-state index is 0.0337. The highest BCUT2D eigenvalue weighted by atomic mass is 16.6. The van der Waals surface area contributed by atoms with Gasteiger partial charge in [0.2, 0.25) is 0 Å². The van der Waals surface area contributed by atoms with E-state index in [1.807, 2.05) is 6.92 Å². The van der Waals surface area contributed by atoms with Gasteiger partial charge in [0.05, 0.1) is 11.1 Å². The number of aromatic nitrogens is 1. The largest absolute Gasteiger partial charge is 0.351 e. The lowest BCUT2D eigenvalue weighted by Crippen LogP contribution is -2.28. The van der Waals surface area contributed by atoms with E-state index < -0.39 is 4.92 Å². The molecule has 21 heavy (non-hydrogen) atoms. The molecule has 7 heteroatoms. The third-order valence-corrected chi connectivity index (χ3v) is 3.79. The van der Waals surface area contributed by atoms with Gasteiger partial charge in [-0.05, 0) is 38.3 Å². The Morgan fingerprint density at radius 1 is 1.62 bits per heavy atom. The fourth-order valence-corrected chi connectivity index (χ4v) is 2.65. The molecule has 2 heterocycles. The van der Waals surface area contributed by atoms with Crippen molar-refractivity contribution in [2.75, 3.05) is 19.6 Å². The molecule has 0 bridgehead atoms.